The molecule has 0 spiro atoms. The zero-order valence-electron chi connectivity index (χ0n) is 15.5. The Balaban J connectivity index is 1.74. The maximum Gasteiger partial charge on any atom is 0.251 e. The van der Waals surface area contributed by atoms with Crippen LogP contribution in [0, 0.1) is 16.7 Å². The van der Waals surface area contributed by atoms with Crippen molar-refractivity contribution in [2.75, 3.05) is 0 Å². The molecule has 1 amide bonds. The summed E-state index contributed by atoms with van der Waals surface area (Å²) in [5.41, 5.74) is 2.74. The first-order valence-corrected chi connectivity index (χ1v) is 8.97. The molecule has 0 aromatic heterocycles. The Labute approximate surface area is 141 Å². The number of carbonyl (C=O) groups is 1. The quantitative estimate of drug-likeness (QED) is 0.824. The molecule has 2 saturated carbocycles. The molecule has 2 aliphatic rings. The first-order valence-electron chi connectivity index (χ1n) is 8.97. The lowest BCUT2D eigenvalue weighted by atomic mass is 9.69. The van der Waals surface area contributed by atoms with E-state index in [-0.39, 0.29) is 16.7 Å². The van der Waals surface area contributed by atoms with Crippen LogP contribution in [0.1, 0.15) is 76.7 Å². The molecule has 2 heteroatoms. The van der Waals surface area contributed by atoms with Gasteiger partial charge in [0.25, 0.3) is 5.91 Å². The third kappa shape index (κ3) is 2.51. The highest BCUT2D eigenvalue weighted by Crippen LogP contribution is 2.65. The number of hydrogen-bond donors (Lipinski definition) is 1. The highest BCUT2D eigenvalue weighted by atomic mass is 16.1. The molecule has 2 fully saturated rings. The standard InChI is InChI=1S/C21H31NO/c1-19(2,3)15-9-7-14(8-10-15)18(23)22-17-13-16-11-12-21(17,6)20(16,4)5/h7-10,16-17H,11-13H2,1-6H3,(H,22,23)/t16-,17+,21-/m1/s1. The number of amides is 1. The molecule has 0 unspecified atom stereocenters. The van der Waals surface area contributed by atoms with Crippen molar-refractivity contribution >= 4 is 5.91 Å². The molecule has 0 aliphatic heterocycles. The fourth-order valence-corrected chi connectivity index (χ4v) is 4.79. The molecule has 2 bridgehead atoms. The average molecular weight is 313 g/mol. The van der Waals surface area contributed by atoms with Gasteiger partial charge >= 0.3 is 0 Å². The molecule has 3 atom stereocenters. The molecule has 1 N–H and O–H groups in total. The summed E-state index contributed by atoms with van der Waals surface area (Å²) in [4.78, 5) is 12.7. The van der Waals surface area contributed by atoms with Gasteiger partial charge in [-0.1, -0.05) is 53.7 Å². The fraction of sp³-hybridized carbons (Fsp3) is 0.667. The molecule has 1 aromatic rings. The zero-order chi connectivity index (χ0) is 17.0. The number of nitrogens with one attached hydrogen (secondary N) is 1. The van der Waals surface area contributed by atoms with Crippen molar-refractivity contribution in [1.29, 1.82) is 0 Å². The molecule has 2 aliphatic carbocycles. The molecule has 23 heavy (non-hydrogen) atoms. The summed E-state index contributed by atoms with van der Waals surface area (Å²) in [6.45, 7) is 13.7. The van der Waals surface area contributed by atoms with Gasteiger partial charge in [-0.05, 0) is 59.1 Å². The second-order valence-corrected chi connectivity index (χ2v) is 9.46. The van der Waals surface area contributed by atoms with Crippen molar-refractivity contribution in [3.63, 3.8) is 0 Å². The van der Waals surface area contributed by atoms with Crippen LogP contribution in [-0.4, -0.2) is 11.9 Å². The van der Waals surface area contributed by atoms with E-state index in [0.29, 0.717) is 11.5 Å². The molecule has 1 aromatic carbocycles. The van der Waals surface area contributed by atoms with Crippen LogP contribution < -0.4 is 5.32 Å². The first kappa shape index (κ1) is 16.5. The van der Waals surface area contributed by atoms with Gasteiger partial charge in [0.05, 0.1) is 0 Å². The van der Waals surface area contributed by atoms with E-state index < -0.39 is 0 Å². The van der Waals surface area contributed by atoms with Crippen LogP contribution in [0.2, 0.25) is 0 Å². The van der Waals surface area contributed by atoms with Crippen molar-refractivity contribution in [3.05, 3.63) is 35.4 Å². The van der Waals surface area contributed by atoms with E-state index >= 15 is 0 Å². The predicted molar refractivity (Wildman–Crippen MR) is 95.6 cm³/mol. The Morgan fingerprint density at radius 1 is 1.13 bits per heavy atom. The summed E-state index contributed by atoms with van der Waals surface area (Å²) in [7, 11) is 0. The number of rotatable bonds is 2. The van der Waals surface area contributed by atoms with E-state index in [9.17, 15) is 4.79 Å². The maximum atomic E-state index is 12.7. The largest absolute Gasteiger partial charge is 0.349 e. The van der Waals surface area contributed by atoms with Gasteiger partial charge in [0.2, 0.25) is 0 Å². The van der Waals surface area contributed by atoms with Crippen LogP contribution in [0.15, 0.2) is 24.3 Å². The van der Waals surface area contributed by atoms with Crippen molar-refractivity contribution in [3.8, 4) is 0 Å². The highest BCUT2D eigenvalue weighted by molar-refractivity contribution is 5.94. The Morgan fingerprint density at radius 3 is 2.17 bits per heavy atom. The van der Waals surface area contributed by atoms with Gasteiger partial charge in [0.15, 0.2) is 0 Å². The average Bonchev–Trinajstić information content (AvgIpc) is 2.80. The second kappa shape index (κ2) is 5.09. The molecule has 0 heterocycles. The summed E-state index contributed by atoms with van der Waals surface area (Å²) in [5.74, 6) is 0.834. The SMILES string of the molecule is CC(C)(C)c1ccc(C(=O)N[C@H]2C[C@H]3CC[C@@]2(C)C3(C)C)cc1. The van der Waals surface area contributed by atoms with Crippen LogP contribution in [0.3, 0.4) is 0 Å². The van der Waals surface area contributed by atoms with Gasteiger partial charge < -0.3 is 5.32 Å². The third-order valence-electron chi connectivity index (χ3n) is 7.11. The van der Waals surface area contributed by atoms with E-state index in [0.717, 1.165) is 17.9 Å². The van der Waals surface area contributed by atoms with E-state index in [1.807, 2.05) is 12.1 Å². The Hall–Kier alpha value is -1.31. The normalized spacial score (nSPS) is 32.1. The number of carbonyl (C=O) groups excluding carboxylic acids is 1. The van der Waals surface area contributed by atoms with Crippen LogP contribution in [0.5, 0.6) is 0 Å². The van der Waals surface area contributed by atoms with Crippen molar-refractivity contribution in [2.24, 2.45) is 16.7 Å². The molecule has 0 saturated heterocycles. The topological polar surface area (TPSA) is 29.1 Å². The predicted octanol–water partition coefficient (Wildman–Crippen LogP) is 4.93. The van der Waals surface area contributed by atoms with Gasteiger partial charge in [-0.25, -0.2) is 0 Å². The van der Waals surface area contributed by atoms with Crippen LogP contribution in [0.4, 0.5) is 0 Å². The summed E-state index contributed by atoms with van der Waals surface area (Å²) in [6.07, 6.45) is 3.68. The number of benzene rings is 1. The monoisotopic (exact) mass is 313 g/mol. The second-order valence-electron chi connectivity index (χ2n) is 9.46. The third-order valence-corrected chi connectivity index (χ3v) is 7.11. The van der Waals surface area contributed by atoms with Crippen molar-refractivity contribution in [1.82, 2.24) is 5.32 Å². The Kier molecular flexibility index (Phi) is 3.66. The molecular weight excluding hydrogens is 282 g/mol. The number of fused-ring (bicyclic) bond motifs is 2. The van der Waals surface area contributed by atoms with Crippen molar-refractivity contribution < 1.29 is 4.79 Å². The van der Waals surface area contributed by atoms with E-state index in [4.69, 9.17) is 0 Å². The minimum absolute atomic E-state index is 0.0834. The molecule has 126 valence electrons. The fourth-order valence-electron chi connectivity index (χ4n) is 4.79. The lowest BCUT2D eigenvalue weighted by molar-refractivity contribution is 0.0826. The summed E-state index contributed by atoms with van der Waals surface area (Å²) in [6, 6.07) is 8.42. The van der Waals surface area contributed by atoms with Gasteiger partial charge in [-0.3, -0.25) is 4.79 Å². The van der Waals surface area contributed by atoms with E-state index in [1.165, 1.54) is 18.4 Å². The van der Waals surface area contributed by atoms with Gasteiger partial charge in [-0.15, -0.1) is 0 Å². The zero-order valence-corrected chi connectivity index (χ0v) is 15.5. The smallest absolute Gasteiger partial charge is 0.251 e. The Bertz CT molecular complexity index is 608. The summed E-state index contributed by atoms with van der Waals surface area (Å²) >= 11 is 0. The maximum absolute atomic E-state index is 12.7. The van der Waals surface area contributed by atoms with Gasteiger partial charge in [0, 0.05) is 11.6 Å². The van der Waals surface area contributed by atoms with Crippen LogP contribution in [0.25, 0.3) is 0 Å². The molecule has 0 radical (unpaired) electrons. The van der Waals surface area contributed by atoms with E-state index in [2.05, 4.69) is 59.0 Å². The minimum Gasteiger partial charge on any atom is -0.349 e. The van der Waals surface area contributed by atoms with E-state index in [1.54, 1.807) is 0 Å². The lowest BCUT2D eigenvalue weighted by Crippen LogP contribution is -2.46. The molecular formula is C21H31NO. The van der Waals surface area contributed by atoms with Gasteiger partial charge in [-0.2, -0.15) is 0 Å². The van der Waals surface area contributed by atoms with Crippen molar-refractivity contribution in [2.45, 2.75) is 72.3 Å². The Morgan fingerprint density at radius 2 is 1.74 bits per heavy atom. The minimum atomic E-state index is 0.0834. The van der Waals surface area contributed by atoms with Gasteiger partial charge in [0.1, 0.15) is 0 Å². The van der Waals surface area contributed by atoms with Crippen LogP contribution >= 0.6 is 0 Å². The lowest BCUT2D eigenvalue weighted by Gasteiger charge is -2.39. The summed E-state index contributed by atoms with van der Waals surface area (Å²) in [5, 5.41) is 3.34. The highest BCUT2D eigenvalue weighted by Gasteiger charge is 2.61. The number of hydrogen-bond acceptors (Lipinski definition) is 1. The molecule has 2 nitrogen and oxygen atoms in total. The first-order chi connectivity index (χ1) is 10.6. The van der Waals surface area contributed by atoms with Crippen LogP contribution in [-0.2, 0) is 5.41 Å². The summed E-state index contributed by atoms with van der Waals surface area (Å²) < 4.78 is 0. The molecule has 3 rings (SSSR count).